The Bertz CT molecular complexity index is 354. The lowest BCUT2D eigenvalue weighted by Crippen LogP contribution is -2.22. The van der Waals surface area contributed by atoms with Crippen LogP contribution in [-0.4, -0.2) is 4.98 Å². The highest BCUT2D eigenvalue weighted by molar-refractivity contribution is 5.43. The van der Waals surface area contributed by atoms with E-state index in [1.807, 2.05) is 12.3 Å². The lowest BCUT2D eigenvalue weighted by atomic mass is 9.76. The third kappa shape index (κ3) is 2.71. The number of nitrogens with zero attached hydrogens (tertiary/aromatic N) is 1. The third-order valence-corrected chi connectivity index (χ3v) is 2.54. The second-order valence-corrected chi connectivity index (χ2v) is 6.15. The minimum atomic E-state index is 0.111. The SMILES string of the molecule is CC(C)(C)c1cnc(N)cc1C(C)(C)C. The number of hydrogen-bond donors (Lipinski definition) is 1. The van der Waals surface area contributed by atoms with E-state index in [9.17, 15) is 0 Å². The van der Waals surface area contributed by atoms with Crippen molar-refractivity contribution >= 4 is 5.82 Å². The van der Waals surface area contributed by atoms with Gasteiger partial charge in [-0.1, -0.05) is 41.5 Å². The summed E-state index contributed by atoms with van der Waals surface area (Å²) in [7, 11) is 0. The zero-order chi connectivity index (χ0) is 11.9. The van der Waals surface area contributed by atoms with Crippen LogP contribution < -0.4 is 5.73 Å². The molecule has 1 aromatic heterocycles. The van der Waals surface area contributed by atoms with E-state index in [4.69, 9.17) is 5.73 Å². The smallest absolute Gasteiger partial charge is 0.123 e. The molecule has 0 spiro atoms. The van der Waals surface area contributed by atoms with Gasteiger partial charge in [-0.2, -0.15) is 0 Å². The normalized spacial score (nSPS) is 12.9. The highest BCUT2D eigenvalue weighted by atomic mass is 14.8. The Labute approximate surface area is 92.9 Å². The highest BCUT2D eigenvalue weighted by Gasteiger charge is 2.25. The van der Waals surface area contributed by atoms with Crippen LogP contribution in [0.5, 0.6) is 0 Å². The maximum Gasteiger partial charge on any atom is 0.123 e. The van der Waals surface area contributed by atoms with E-state index in [1.54, 1.807) is 0 Å². The van der Waals surface area contributed by atoms with Crippen molar-refractivity contribution in [2.45, 2.75) is 52.4 Å². The van der Waals surface area contributed by atoms with Gasteiger partial charge in [0.1, 0.15) is 5.82 Å². The van der Waals surface area contributed by atoms with Crippen LogP contribution in [0.2, 0.25) is 0 Å². The van der Waals surface area contributed by atoms with Crippen molar-refractivity contribution < 1.29 is 0 Å². The number of pyridine rings is 1. The summed E-state index contributed by atoms with van der Waals surface area (Å²) in [5, 5.41) is 0. The monoisotopic (exact) mass is 206 g/mol. The number of anilines is 1. The van der Waals surface area contributed by atoms with Crippen LogP contribution in [0, 0.1) is 0 Å². The molecule has 0 unspecified atom stereocenters. The standard InChI is InChI=1S/C13H22N2/c1-12(2,3)9-7-11(14)15-8-10(9)13(4,5)6/h7-8H,1-6H3,(H2,14,15). The molecule has 0 aliphatic heterocycles. The van der Waals surface area contributed by atoms with Crippen molar-refractivity contribution in [2.75, 3.05) is 5.73 Å². The van der Waals surface area contributed by atoms with Crippen molar-refractivity contribution in [1.82, 2.24) is 4.98 Å². The molecule has 0 saturated carbocycles. The molecule has 0 atom stereocenters. The second kappa shape index (κ2) is 3.51. The molecule has 2 N–H and O–H groups in total. The Morgan fingerprint density at radius 2 is 1.40 bits per heavy atom. The predicted octanol–water partition coefficient (Wildman–Crippen LogP) is 3.26. The molecule has 0 aliphatic rings. The Hall–Kier alpha value is -1.05. The summed E-state index contributed by atoms with van der Waals surface area (Å²) in [4.78, 5) is 4.20. The van der Waals surface area contributed by atoms with Gasteiger partial charge in [0.25, 0.3) is 0 Å². The molecule has 1 heterocycles. The molecule has 2 heteroatoms. The molecule has 0 fully saturated rings. The maximum absolute atomic E-state index is 5.76. The van der Waals surface area contributed by atoms with Crippen LogP contribution in [-0.2, 0) is 10.8 Å². The fourth-order valence-electron chi connectivity index (χ4n) is 1.69. The predicted molar refractivity (Wildman–Crippen MR) is 66.0 cm³/mol. The van der Waals surface area contributed by atoms with E-state index in [2.05, 4.69) is 46.5 Å². The van der Waals surface area contributed by atoms with Gasteiger partial charge >= 0.3 is 0 Å². The quantitative estimate of drug-likeness (QED) is 0.707. The van der Waals surface area contributed by atoms with Crippen molar-refractivity contribution in [2.24, 2.45) is 0 Å². The fraction of sp³-hybridized carbons (Fsp3) is 0.615. The van der Waals surface area contributed by atoms with Crippen LogP contribution >= 0.6 is 0 Å². The minimum absolute atomic E-state index is 0.111. The van der Waals surface area contributed by atoms with Gasteiger partial charge in [-0.25, -0.2) is 4.98 Å². The molecule has 84 valence electrons. The van der Waals surface area contributed by atoms with Gasteiger partial charge in [0.05, 0.1) is 0 Å². The first-order valence-corrected chi connectivity index (χ1v) is 5.39. The Morgan fingerprint density at radius 3 is 1.80 bits per heavy atom. The van der Waals surface area contributed by atoms with Gasteiger partial charge in [0, 0.05) is 6.20 Å². The molecule has 0 bridgehead atoms. The van der Waals surface area contributed by atoms with Crippen molar-refractivity contribution in [3.63, 3.8) is 0 Å². The van der Waals surface area contributed by atoms with Gasteiger partial charge in [0.15, 0.2) is 0 Å². The van der Waals surface area contributed by atoms with E-state index in [0.717, 1.165) is 0 Å². The van der Waals surface area contributed by atoms with Crippen LogP contribution in [0.15, 0.2) is 12.3 Å². The van der Waals surface area contributed by atoms with Crippen LogP contribution in [0.4, 0.5) is 5.82 Å². The topological polar surface area (TPSA) is 38.9 Å². The second-order valence-electron chi connectivity index (χ2n) is 6.15. The van der Waals surface area contributed by atoms with Crippen LogP contribution in [0.25, 0.3) is 0 Å². The first-order valence-electron chi connectivity index (χ1n) is 5.39. The summed E-state index contributed by atoms with van der Waals surface area (Å²) in [5.74, 6) is 0.605. The molecule has 2 nitrogen and oxygen atoms in total. The lowest BCUT2D eigenvalue weighted by Gasteiger charge is -2.29. The third-order valence-electron chi connectivity index (χ3n) is 2.54. The highest BCUT2D eigenvalue weighted by Crippen LogP contribution is 2.33. The number of aromatic nitrogens is 1. The fourth-order valence-corrected chi connectivity index (χ4v) is 1.69. The van der Waals surface area contributed by atoms with E-state index in [-0.39, 0.29) is 10.8 Å². The van der Waals surface area contributed by atoms with Gasteiger partial charge in [-0.05, 0) is 28.0 Å². The number of rotatable bonds is 0. The van der Waals surface area contributed by atoms with Crippen molar-refractivity contribution in [3.8, 4) is 0 Å². The number of nitrogens with two attached hydrogens (primary N) is 1. The zero-order valence-electron chi connectivity index (χ0n) is 10.7. The molecule has 0 aromatic carbocycles. The summed E-state index contributed by atoms with van der Waals surface area (Å²) in [6.45, 7) is 13.2. The molecule has 1 aromatic rings. The Kier molecular flexibility index (Phi) is 2.81. The average Bonchev–Trinajstić information content (AvgIpc) is 2.00. The van der Waals surface area contributed by atoms with Crippen LogP contribution in [0.1, 0.15) is 52.7 Å². The molecule has 0 radical (unpaired) electrons. The van der Waals surface area contributed by atoms with Gasteiger partial charge in [-0.15, -0.1) is 0 Å². The van der Waals surface area contributed by atoms with Crippen molar-refractivity contribution in [3.05, 3.63) is 23.4 Å². The summed E-state index contributed by atoms with van der Waals surface area (Å²) < 4.78 is 0. The van der Waals surface area contributed by atoms with Gasteiger partial charge in [0.2, 0.25) is 0 Å². The lowest BCUT2D eigenvalue weighted by molar-refractivity contribution is 0.528. The van der Waals surface area contributed by atoms with Crippen LogP contribution in [0.3, 0.4) is 0 Å². The van der Waals surface area contributed by atoms with E-state index >= 15 is 0 Å². The zero-order valence-corrected chi connectivity index (χ0v) is 10.7. The van der Waals surface area contributed by atoms with E-state index in [1.165, 1.54) is 11.1 Å². The molecule has 0 saturated heterocycles. The molecule has 0 aliphatic carbocycles. The first-order chi connectivity index (χ1) is 6.62. The molecular formula is C13H22N2. The molecular weight excluding hydrogens is 184 g/mol. The molecule has 1 rings (SSSR count). The summed E-state index contributed by atoms with van der Waals surface area (Å²) in [6.07, 6.45) is 1.91. The number of hydrogen-bond acceptors (Lipinski definition) is 2. The number of nitrogen functional groups attached to an aromatic ring is 1. The van der Waals surface area contributed by atoms with E-state index < -0.39 is 0 Å². The van der Waals surface area contributed by atoms with Gasteiger partial charge < -0.3 is 5.73 Å². The average molecular weight is 206 g/mol. The van der Waals surface area contributed by atoms with E-state index in [0.29, 0.717) is 5.82 Å². The maximum atomic E-state index is 5.76. The summed E-state index contributed by atoms with van der Waals surface area (Å²) in [5.41, 5.74) is 8.56. The minimum Gasteiger partial charge on any atom is -0.384 e. The first kappa shape index (κ1) is 12.0. The van der Waals surface area contributed by atoms with Gasteiger partial charge in [-0.3, -0.25) is 0 Å². The summed E-state index contributed by atoms with van der Waals surface area (Å²) in [6, 6.07) is 2.00. The van der Waals surface area contributed by atoms with Crippen molar-refractivity contribution in [1.29, 1.82) is 0 Å². The Morgan fingerprint density at radius 1 is 0.933 bits per heavy atom. The summed E-state index contributed by atoms with van der Waals surface area (Å²) >= 11 is 0. The molecule has 0 amide bonds. The Balaban J connectivity index is 3.41. The molecule has 15 heavy (non-hydrogen) atoms. The largest absolute Gasteiger partial charge is 0.384 e.